The first-order chi connectivity index (χ1) is 6.33. The van der Waals surface area contributed by atoms with Gasteiger partial charge in [-0.25, -0.2) is 0 Å². The van der Waals surface area contributed by atoms with Gasteiger partial charge in [-0.15, -0.1) is 0 Å². The summed E-state index contributed by atoms with van der Waals surface area (Å²) in [5.41, 5.74) is 1.84. The Morgan fingerprint density at radius 3 is 3.00 bits per heavy atom. The molecule has 0 saturated heterocycles. The predicted molar refractivity (Wildman–Crippen MR) is 53.2 cm³/mol. The summed E-state index contributed by atoms with van der Waals surface area (Å²) < 4.78 is 0. The average molecular weight is 196 g/mol. The van der Waals surface area contributed by atoms with Crippen LogP contribution in [-0.2, 0) is 11.2 Å². The van der Waals surface area contributed by atoms with E-state index in [1.54, 1.807) is 0 Å². The highest BCUT2D eigenvalue weighted by atomic mass is 35.5. The second-order valence-electron chi connectivity index (χ2n) is 3.08. The minimum atomic E-state index is -0.524. The van der Waals surface area contributed by atoms with Gasteiger partial charge in [0.2, 0.25) is 0 Å². The fourth-order valence-electron chi connectivity index (χ4n) is 1.69. The number of rotatable bonds is 2. The second kappa shape index (κ2) is 3.38. The van der Waals surface area contributed by atoms with Gasteiger partial charge in [-0.2, -0.15) is 0 Å². The highest BCUT2D eigenvalue weighted by Crippen LogP contribution is 2.29. The zero-order valence-electron chi connectivity index (χ0n) is 7.11. The van der Waals surface area contributed by atoms with E-state index in [2.05, 4.69) is 6.07 Å². The standard InChI is InChI=1S/C10H10ClNO/c11-10(7-13)12-6-5-8-3-1-2-4-9(8)12/h1-4,7,10H,5-6H2/t10-/m1/s1. The van der Waals surface area contributed by atoms with E-state index in [0.29, 0.717) is 0 Å². The van der Waals surface area contributed by atoms with Crippen LogP contribution >= 0.6 is 11.6 Å². The number of carbonyl (C=O) groups is 1. The lowest BCUT2D eigenvalue weighted by Gasteiger charge is -2.20. The van der Waals surface area contributed by atoms with Crippen molar-refractivity contribution in [1.82, 2.24) is 0 Å². The maximum Gasteiger partial charge on any atom is 0.160 e. The van der Waals surface area contributed by atoms with Crippen LogP contribution in [0.5, 0.6) is 0 Å². The Bertz CT molecular complexity index is 326. The largest absolute Gasteiger partial charge is 0.349 e. The molecule has 1 aliphatic rings. The van der Waals surface area contributed by atoms with Crippen LogP contribution in [0.25, 0.3) is 0 Å². The quantitative estimate of drug-likeness (QED) is 0.408. The third-order valence-corrected chi connectivity index (χ3v) is 2.67. The molecule has 0 spiro atoms. The molecule has 0 aromatic heterocycles. The van der Waals surface area contributed by atoms with E-state index < -0.39 is 5.50 Å². The predicted octanol–water partition coefficient (Wildman–Crippen LogP) is 1.81. The average Bonchev–Trinajstić information content (AvgIpc) is 2.60. The Morgan fingerprint density at radius 2 is 2.23 bits per heavy atom. The molecule has 0 unspecified atom stereocenters. The van der Waals surface area contributed by atoms with Gasteiger partial charge in [-0.1, -0.05) is 29.8 Å². The summed E-state index contributed by atoms with van der Waals surface area (Å²) in [6.07, 6.45) is 1.75. The van der Waals surface area contributed by atoms with Crippen molar-refractivity contribution < 1.29 is 4.79 Å². The van der Waals surface area contributed by atoms with Gasteiger partial charge in [0.1, 0.15) is 0 Å². The number of fused-ring (bicyclic) bond motifs is 1. The molecule has 13 heavy (non-hydrogen) atoms. The summed E-state index contributed by atoms with van der Waals surface area (Å²) in [6.45, 7) is 0.840. The Labute approximate surface area is 82.1 Å². The lowest BCUT2D eigenvalue weighted by Crippen LogP contribution is -2.30. The molecule has 3 heteroatoms. The summed E-state index contributed by atoms with van der Waals surface area (Å²) >= 11 is 5.86. The molecule has 1 aromatic rings. The molecule has 0 N–H and O–H groups in total. The van der Waals surface area contributed by atoms with Gasteiger partial charge < -0.3 is 4.90 Å². The number of benzene rings is 1. The SMILES string of the molecule is O=C[C@H](Cl)N1CCc2ccccc21. The Balaban J connectivity index is 2.33. The van der Waals surface area contributed by atoms with Gasteiger partial charge in [0, 0.05) is 12.2 Å². The lowest BCUT2D eigenvalue weighted by atomic mass is 10.2. The molecule has 1 heterocycles. The molecule has 2 rings (SSSR count). The number of alkyl halides is 1. The van der Waals surface area contributed by atoms with E-state index in [4.69, 9.17) is 11.6 Å². The van der Waals surface area contributed by atoms with Crippen LogP contribution in [0.4, 0.5) is 5.69 Å². The summed E-state index contributed by atoms with van der Waals surface area (Å²) in [5, 5.41) is 0. The molecule has 0 radical (unpaired) electrons. The smallest absolute Gasteiger partial charge is 0.160 e. The zero-order valence-corrected chi connectivity index (χ0v) is 7.87. The molecule has 0 aliphatic carbocycles. The Hall–Kier alpha value is -1.02. The lowest BCUT2D eigenvalue weighted by molar-refractivity contribution is -0.107. The first-order valence-electron chi connectivity index (χ1n) is 4.27. The maximum absolute atomic E-state index is 10.5. The van der Waals surface area contributed by atoms with Crippen molar-refractivity contribution in [2.24, 2.45) is 0 Å². The molecule has 1 aromatic carbocycles. The monoisotopic (exact) mass is 195 g/mol. The number of aldehydes is 1. The van der Waals surface area contributed by atoms with Crippen molar-refractivity contribution in [2.45, 2.75) is 11.9 Å². The summed E-state index contributed by atoms with van der Waals surface area (Å²) in [5.74, 6) is 0. The molecule has 0 bridgehead atoms. The number of para-hydroxylation sites is 1. The van der Waals surface area contributed by atoms with Crippen molar-refractivity contribution in [3.63, 3.8) is 0 Å². The number of hydrogen-bond acceptors (Lipinski definition) is 2. The highest BCUT2D eigenvalue weighted by molar-refractivity contribution is 6.29. The van der Waals surface area contributed by atoms with Crippen LogP contribution in [0.15, 0.2) is 24.3 Å². The minimum absolute atomic E-state index is 0.524. The van der Waals surface area contributed by atoms with Crippen LogP contribution < -0.4 is 4.90 Å². The van der Waals surface area contributed by atoms with E-state index in [0.717, 1.165) is 24.9 Å². The van der Waals surface area contributed by atoms with Crippen molar-refractivity contribution in [3.8, 4) is 0 Å². The van der Waals surface area contributed by atoms with Gasteiger partial charge in [-0.05, 0) is 18.1 Å². The van der Waals surface area contributed by atoms with Gasteiger partial charge in [0.05, 0.1) is 0 Å². The van der Waals surface area contributed by atoms with E-state index >= 15 is 0 Å². The number of nitrogens with zero attached hydrogens (tertiary/aromatic N) is 1. The van der Waals surface area contributed by atoms with Gasteiger partial charge >= 0.3 is 0 Å². The molecule has 68 valence electrons. The van der Waals surface area contributed by atoms with Crippen molar-refractivity contribution in [1.29, 1.82) is 0 Å². The third kappa shape index (κ3) is 1.42. The van der Waals surface area contributed by atoms with Crippen LogP contribution in [0, 0.1) is 0 Å². The molecule has 0 amide bonds. The Kier molecular flexibility index (Phi) is 2.23. The molecule has 0 fully saturated rings. The van der Waals surface area contributed by atoms with Crippen molar-refractivity contribution in [3.05, 3.63) is 29.8 Å². The van der Waals surface area contributed by atoms with Crippen molar-refractivity contribution in [2.75, 3.05) is 11.4 Å². The number of hydrogen-bond donors (Lipinski definition) is 0. The van der Waals surface area contributed by atoms with Crippen molar-refractivity contribution >= 4 is 23.6 Å². The topological polar surface area (TPSA) is 20.3 Å². The van der Waals surface area contributed by atoms with Crippen LogP contribution in [0.1, 0.15) is 5.56 Å². The fourth-order valence-corrected chi connectivity index (χ4v) is 1.90. The van der Waals surface area contributed by atoms with E-state index in [1.165, 1.54) is 5.56 Å². The fraction of sp³-hybridized carbons (Fsp3) is 0.300. The van der Waals surface area contributed by atoms with Crippen LogP contribution in [0.3, 0.4) is 0 Å². The summed E-state index contributed by atoms with van der Waals surface area (Å²) in [6, 6.07) is 8.04. The zero-order chi connectivity index (χ0) is 9.26. The van der Waals surface area contributed by atoms with Gasteiger partial charge in [0.25, 0.3) is 0 Å². The number of anilines is 1. The number of carbonyl (C=O) groups excluding carboxylic acids is 1. The second-order valence-corrected chi connectivity index (χ2v) is 3.53. The van der Waals surface area contributed by atoms with Crippen LogP contribution in [-0.4, -0.2) is 18.3 Å². The number of halogens is 1. The first-order valence-corrected chi connectivity index (χ1v) is 4.70. The summed E-state index contributed by atoms with van der Waals surface area (Å²) in [4.78, 5) is 12.4. The molecular weight excluding hydrogens is 186 g/mol. The van der Waals surface area contributed by atoms with Gasteiger partial charge in [0.15, 0.2) is 11.8 Å². The van der Waals surface area contributed by atoms with Crippen LogP contribution in [0.2, 0.25) is 0 Å². The third-order valence-electron chi connectivity index (χ3n) is 2.33. The van der Waals surface area contributed by atoms with Gasteiger partial charge in [-0.3, -0.25) is 4.79 Å². The molecule has 1 aliphatic heterocycles. The minimum Gasteiger partial charge on any atom is -0.349 e. The molecule has 1 atom stereocenters. The Morgan fingerprint density at radius 1 is 1.46 bits per heavy atom. The summed E-state index contributed by atoms with van der Waals surface area (Å²) in [7, 11) is 0. The van der Waals surface area contributed by atoms with E-state index in [9.17, 15) is 4.79 Å². The maximum atomic E-state index is 10.5. The molecular formula is C10H10ClNO. The first kappa shape index (κ1) is 8.57. The van der Waals surface area contributed by atoms with E-state index in [-0.39, 0.29) is 0 Å². The molecule has 2 nitrogen and oxygen atoms in total. The van der Waals surface area contributed by atoms with E-state index in [1.807, 2.05) is 23.1 Å². The highest BCUT2D eigenvalue weighted by Gasteiger charge is 2.23. The normalized spacial score (nSPS) is 16.8. The molecule has 0 saturated carbocycles.